The van der Waals surface area contributed by atoms with Gasteiger partial charge in [0.1, 0.15) is 11.5 Å². The van der Waals surface area contributed by atoms with Crippen LogP contribution >= 0.6 is 0 Å². The third-order valence-electron chi connectivity index (χ3n) is 3.14. The van der Waals surface area contributed by atoms with Crippen LogP contribution in [-0.2, 0) is 9.84 Å². The summed E-state index contributed by atoms with van der Waals surface area (Å²) in [6, 6.07) is 10.4. The van der Waals surface area contributed by atoms with Crippen molar-refractivity contribution in [1.82, 2.24) is 9.97 Å². The van der Waals surface area contributed by atoms with Gasteiger partial charge in [0.05, 0.1) is 4.90 Å². The molecule has 0 unspecified atom stereocenters. The quantitative estimate of drug-likeness (QED) is 0.756. The summed E-state index contributed by atoms with van der Waals surface area (Å²) < 4.78 is 22.9. The van der Waals surface area contributed by atoms with Crippen LogP contribution in [0, 0.1) is 0 Å². The predicted octanol–water partition coefficient (Wildman–Crippen LogP) is 2.22. The standard InChI is InChI=1S/C14H13N3O2S/c1-20(18,19)10-4-2-9(3-5-10)12-8-13(15)17-14-11(12)6-7-16-14/h2-8H,1H3,(H3,15,16,17). The molecule has 5 nitrogen and oxygen atoms in total. The lowest BCUT2D eigenvalue weighted by Crippen LogP contribution is -1.96. The molecule has 0 saturated carbocycles. The van der Waals surface area contributed by atoms with Crippen LogP contribution in [-0.4, -0.2) is 24.6 Å². The van der Waals surface area contributed by atoms with Crippen LogP contribution < -0.4 is 5.73 Å². The highest BCUT2D eigenvalue weighted by Gasteiger charge is 2.10. The first kappa shape index (κ1) is 12.7. The molecule has 0 aliphatic heterocycles. The average Bonchev–Trinajstić information content (AvgIpc) is 2.85. The summed E-state index contributed by atoms with van der Waals surface area (Å²) in [7, 11) is -3.18. The third-order valence-corrected chi connectivity index (χ3v) is 4.27. The van der Waals surface area contributed by atoms with Crippen molar-refractivity contribution in [3.05, 3.63) is 42.6 Å². The van der Waals surface area contributed by atoms with E-state index in [1.54, 1.807) is 36.5 Å². The minimum absolute atomic E-state index is 0.300. The Morgan fingerprint density at radius 1 is 1.15 bits per heavy atom. The number of aromatic amines is 1. The van der Waals surface area contributed by atoms with E-state index in [0.717, 1.165) is 16.5 Å². The Morgan fingerprint density at radius 2 is 1.85 bits per heavy atom. The van der Waals surface area contributed by atoms with Crippen molar-refractivity contribution in [3.8, 4) is 11.1 Å². The van der Waals surface area contributed by atoms with Crippen molar-refractivity contribution in [1.29, 1.82) is 0 Å². The van der Waals surface area contributed by atoms with Crippen LogP contribution in [0.2, 0.25) is 0 Å². The van der Waals surface area contributed by atoms with E-state index in [0.29, 0.717) is 16.4 Å². The van der Waals surface area contributed by atoms with Crippen LogP contribution in [0.15, 0.2) is 47.5 Å². The molecule has 0 saturated heterocycles. The molecule has 1 aromatic carbocycles. The molecule has 102 valence electrons. The molecule has 20 heavy (non-hydrogen) atoms. The van der Waals surface area contributed by atoms with Crippen LogP contribution in [0.1, 0.15) is 0 Å². The lowest BCUT2D eigenvalue weighted by atomic mass is 10.0. The van der Waals surface area contributed by atoms with Crippen LogP contribution in [0.3, 0.4) is 0 Å². The number of nitrogens with one attached hydrogen (secondary N) is 1. The zero-order valence-electron chi connectivity index (χ0n) is 10.8. The number of fused-ring (bicyclic) bond motifs is 1. The Hall–Kier alpha value is -2.34. The van der Waals surface area contributed by atoms with Gasteiger partial charge in [-0.2, -0.15) is 0 Å². The maximum atomic E-state index is 11.5. The van der Waals surface area contributed by atoms with Crippen molar-refractivity contribution in [2.45, 2.75) is 4.90 Å². The van der Waals surface area contributed by atoms with Gasteiger partial charge in [0.25, 0.3) is 0 Å². The number of aromatic nitrogens is 2. The van der Waals surface area contributed by atoms with Gasteiger partial charge in [-0.05, 0) is 35.4 Å². The van der Waals surface area contributed by atoms with Crippen molar-refractivity contribution >= 4 is 26.7 Å². The largest absolute Gasteiger partial charge is 0.384 e. The summed E-state index contributed by atoms with van der Waals surface area (Å²) in [5.74, 6) is 0.419. The molecule has 0 aliphatic rings. The summed E-state index contributed by atoms with van der Waals surface area (Å²) >= 11 is 0. The molecular weight excluding hydrogens is 274 g/mol. The van der Waals surface area contributed by atoms with E-state index >= 15 is 0 Å². The Morgan fingerprint density at radius 3 is 2.50 bits per heavy atom. The highest BCUT2D eigenvalue weighted by atomic mass is 32.2. The minimum Gasteiger partial charge on any atom is -0.384 e. The monoisotopic (exact) mass is 287 g/mol. The smallest absolute Gasteiger partial charge is 0.175 e. The number of benzene rings is 1. The van der Waals surface area contributed by atoms with Gasteiger partial charge in [0, 0.05) is 17.8 Å². The van der Waals surface area contributed by atoms with Crippen LogP contribution in [0.25, 0.3) is 22.2 Å². The molecule has 3 N–H and O–H groups in total. The number of sulfone groups is 1. The molecule has 0 fully saturated rings. The third kappa shape index (κ3) is 2.14. The van der Waals surface area contributed by atoms with E-state index < -0.39 is 9.84 Å². The maximum Gasteiger partial charge on any atom is 0.175 e. The number of nitrogens with two attached hydrogens (primary N) is 1. The zero-order valence-corrected chi connectivity index (χ0v) is 11.6. The average molecular weight is 287 g/mol. The van der Waals surface area contributed by atoms with Crippen molar-refractivity contribution < 1.29 is 8.42 Å². The zero-order chi connectivity index (χ0) is 14.3. The van der Waals surface area contributed by atoms with E-state index in [4.69, 9.17) is 5.73 Å². The van der Waals surface area contributed by atoms with Crippen molar-refractivity contribution in [2.75, 3.05) is 12.0 Å². The molecule has 3 aromatic rings. The van der Waals surface area contributed by atoms with E-state index in [-0.39, 0.29) is 0 Å². The molecule has 2 heterocycles. The first-order valence-electron chi connectivity index (χ1n) is 5.99. The van der Waals surface area contributed by atoms with Gasteiger partial charge in [-0.1, -0.05) is 12.1 Å². The fourth-order valence-electron chi connectivity index (χ4n) is 2.18. The number of nitrogens with zero attached hydrogens (tertiary/aromatic N) is 1. The number of hydrogen-bond acceptors (Lipinski definition) is 4. The summed E-state index contributed by atoms with van der Waals surface area (Å²) in [5, 5.41) is 0.950. The van der Waals surface area contributed by atoms with Gasteiger partial charge in [0.15, 0.2) is 9.84 Å². The van der Waals surface area contributed by atoms with Gasteiger partial charge in [-0.15, -0.1) is 0 Å². The normalized spacial score (nSPS) is 11.8. The highest BCUT2D eigenvalue weighted by molar-refractivity contribution is 7.90. The van der Waals surface area contributed by atoms with Gasteiger partial charge in [-0.25, -0.2) is 13.4 Å². The van der Waals surface area contributed by atoms with Gasteiger partial charge < -0.3 is 10.7 Å². The van der Waals surface area contributed by atoms with Crippen molar-refractivity contribution in [2.24, 2.45) is 0 Å². The van der Waals surface area contributed by atoms with E-state index in [9.17, 15) is 8.42 Å². The van der Waals surface area contributed by atoms with Crippen LogP contribution in [0.5, 0.6) is 0 Å². The fourth-order valence-corrected chi connectivity index (χ4v) is 2.81. The molecule has 0 amide bonds. The number of rotatable bonds is 2. The Labute approximate surface area is 116 Å². The Kier molecular flexibility index (Phi) is 2.76. The van der Waals surface area contributed by atoms with Crippen molar-refractivity contribution in [3.63, 3.8) is 0 Å². The van der Waals surface area contributed by atoms with E-state index in [1.165, 1.54) is 6.26 Å². The molecule has 2 aromatic heterocycles. The lowest BCUT2D eigenvalue weighted by molar-refractivity contribution is 0.602. The molecule has 0 atom stereocenters. The topological polar surface area (TPSA) is 88.8 Å². The SMILES string of the molecule is CS(=O)(=O)c1ccc(-c2cc(N)nc3[nH]ccc23)cc1. The molecule has 0 aliphatic carbocycles. The van der Waals surface area contributed by atoms with Gasteiger partial charge in [0.2, 0.25) is 0 Å². The van der Waals surface area contributed by atoms with Crippen LogP contribution in [0.4, 0.5) is 5.82 Å². The molecule has 6 heteroatoms. The number of H-pyrrole nitrogens is 1. The molecular formula is C14H13N3O2S. The Balaban J connectivity index is 2.18. The summed E-state index contributed by atoms with van der Waals surface area (Å²) in [4.78, 5) is 7.52. The highest BCUT2D eigenvalue weighted by Crippen LogP contribution is 2.29. The summed E-state index contributed by atoms with van der Waals surface area (Å²) in [5.41, 5.74) is 8.33. The maximum absolute atomic E-state index is 11.5. The van der Waals surface area contributed by atoms with E-state index in [1.807, 2.05) is 6.07 Å². The first-order chi connectivity index (χ1) is 9.45. The summed E-state index contributed by atoms with van der Waals surface area (Å²) in [6.07, 6.45) is 2.99. The Bertz CT molecular complexity index is 880. The van der Waals surface area contributed by atoms with Gasteiger partial charge >= 0.3 is 0 Å². The number of nitrogen functional groups attached to an aromatic ring is 1. The number of hydrogen-bond donors (Lipinski definition) is 2. The lowest BCUT2D eigenvalue weighted by Gasteiger charge is -2.06. The second-order valence-corrected chi connectivity index (χ2v) is 6.65. The fraction of sp³-hybridized carbons (Fsp3) is 0.0714. The second-order valence-electron chi connectivity index (χ2n) is 4.63. The molecule has 3 rings (SSSR count). The predicted molar refractivity (Wildman–Crippen MR) is 79.1 cm³/mol. The number of pyridine rings is 1. The summed E-state index contributed by atoms with van der Waals surface area (Å²) in [6.45, 7) is 0. The minimum atomic E-state index is -3.18. The number of anilines is 1. The van der Waals surface area contributed by atoms with E-state index in [2.05, 4.69) is 9.97 Å². The van der Waals surface area contributed by atoms with Gasteiger partial charge in [-0.3, -0.25) is 0 Å². The molecule has 0 bridgehead atoms. The molecule has 0 radical (unpaired) electrons. The second kappa shape index (κ2) is 4.35. The molecule has 0 spiro atoms. The first-order valence-corrected chi connectivity index (χ1v) is 7.88.